The van der Waals surface area contributed by atoms with Gasteiger partial charge in [-0.15, -0.1) is 0 Å². The molecule has 346 valence electrons. The molecule has 0 aliphatic rings. The van der Waals surface area contributed by atoms with Crippen LogP contribution in [0.4, 0.5) is 0 Å². The van der Waals surface area contributed by atoms with Crippen molar-refractivity contribution in [1.82, 2.24) is 0 Å². The lowest BCUT2D eigenvalue weighted by Crippen LogP contribution is -2.28. The van der Waals surface area contributed by atoms with Crippen LogP contribution in [0.25, 0.3) is 0 Å². The molecule has 1 atom stereocenters. The van der Waals surface area contributed by atoms with Gasteiger partial charge in [-0.3, -0.25) is 9.59 Å². The van der Waals surface area contributed by atoms with E-state index in [4.69, 9.17) is 9.47 Å². The van der Waals surface area contributed by atoms with Gasteiger partial charge in [0.05, 0.1) is 6.61 Å². The number of aliphatic hydroxyl groups is 1. The van der Waals surface area contributed by atoms with E-state index in [-0.39, 0.29) is 25.2 Å². The standard InChI is InChI=1S/C57H88O5/c1-3-5-7-9-11-13-15-17-19-21-23-25-27-28-30-32-34-36-38-40-42-44-46-48-50-52-57(60)62-55(53-58)54-61-56(59)51-49-47-45-43-41-39-37-35-33-31-29-26-24-22-20-18-16-14-12-10-8-6-4-2/h5-8,11-14,17-20,23-26,28,30-31,33-34,36-37,39,55,58H,3-4,9-10,15-16,21-22,27,29,32,35,38,40-54H2,1-2H3/b7-5-,8-6-,13-11-,14-12-,19-17-,20-18-,25-23-,26-24-,30-28-,33-31-,36-34-,39-37-. The number of ether oxygens (including phenoxy) is 2. The van der Waals surface area contributed by atoms with Gasteiger partial charge in [-0.05, 0) is 116 Å². The Morgan fingerprint density at radius 1 is 0.371 bits per heavy atom. The van der Waals surface area contributed by atoms with Gasteiger partial charge in [0.1, 0.15) is 6.61 Å². The van der Waals surface area contributed by atoms with E-state index in [0.29, 0.717) is 12.8 Å². The van der Waals surface area contributed by atoms with Crippen molar-refractivity contribution in [2.75, 3.05) is 13.2 Å². The Hall–Kier alpha value is -4.22. The van der Waals surface area contributed by atoms with Gasteiger partial charge in [-0.25, -0.2) is 0 Å². The molecular weight excluding hydrogens is 765 g/mol. The Balaban J connectivity index is 3.69. The maximum Gasteiger partial charge on any atom is 0.306 e. The van der Waals surface area contributed by atoms with Crippen molar-refractivity contribution in [2.24, 2.45) is 0 Å². The minimum absolute atomic E-state index is 0.0967. The topological polar surface area (TPSA) is 72.8 Å². The van der Waals surface area contributed by atoms with Crippen LogP contribution in [-0.2, 0) is 19.1 Å². The zero-order chi connectivity index (χ0) is 44.9. The number of aliphatic hydroxyl groups excluding tert-OH is 1. The second kappa shape index (κ2) is 51.1. The monoisotopic (exact) mass is 853 g/mol. The number of hydrogen-bond donors (Lipinski definition) is 1. The molecule has 0 saturated carbocycles. The molecule has 0 fully saturated rings. The Kier molecular flexibility index (Phi) is 47.7. The van der Waals surface area contributed by atoms with Gasteiger partial charge in [-0.1, -0.05) is 198 Å². The van der Waals surface area contributed by atoms with E-state index >= 15 is 0 Å². The summed E-state index contributed by atoms with van der Waals surface area (Å²) in [4.78, 5) is 24.4. The number of carbonyl (C=O) groups is 2. The van der Waals surface area contributed by atoms with Gasteiger partial charge in [0.15, 0.2) is 6.10 Å². The van der Waals surface area contributed by atoms with Crippen LogP contribution < -0.4 is 0 Å². The first-order valence-electron chi connectivity index (χ1n) is 24.4. The lowest BCUT2D eigenvalue weighted by molar-refractivity contribution is -0.161. The van der Waals surface area contributed by atoms with E-state index in [0.717, 1.165) is 141 Å². The van der Waals surface area contributed by atoms with Gasteiger partial charge in [0, 0.05) is 12.8 Å². The molecule has 0 aliphatic heterocycles. The summed E-state index contributed by atoms with van der Waals surface area (Å²) in [6.07, 6.45) is 77.8. The highest BCUT2D eigenvalue weighted by molar-refractivity contribution is 5.70. The maximum atomic E-state index is 12.3. The number of esters is 2. The molecule has 0 aromatic heterocycles. The molecule has 1 unspecified atom stereocenters. The van der Waals surface area contributed by atoms with Crippen molar-refractivity contribution in [3.05, 3.63) is 146 Å². The summed E-state index contributed by atoms with van der Waals surface area (Å²) in [6.45, 7) is 3.86. The van der Waals surface area contributed by atoms with Crippen LogP contribution >= 0.6 is 0 Å². The molecular formula is C57H88O5. The molecule has 0 rings (SSSR count). The molecule has 0 spiro atoms. The number of carbonyl (C=O) groups excluding carboxylic acids is 2. The fourth-order valence-corrected chi connectivity index (χ4v) is 6.03. The summed E-state index contributed by atoms with van der Waals surface area (Å²) in [6, 6.07) is 0. The summed E-state index contributed by atoms with van der Waals surface area (Å²) >= 11 is 0. The third kappa shape index (κ3) is 48.4. The molecule has 5 nitrogen and oxygen atoms in total. The zero-order valence-corrected chi connectivity index (χ0v) is 39.3. The molecule has 1 N–H and O–H groups in total. The van der Waals surface area contributed by atoms with Crippen molar-refractivity contribution in [3.63, 3.8) is 0 Å². The first-order chi connectivity index (χ1) is 30.6. The van der Waals surface area contributed by atoms with Gasteiger partial charge in [0.2, 0.25) is 0 Å². The third-order valence-corrected chi connectivity index (χ3v) is 9.63. The largest absolute Gasteiger partial charge is 0.462 e. The second-order valence-corrected chi connectivity index (χ2v) is 15.4. The minimum atomic E-state index is -0.804. The van der Waals surface area contributed by atoms with E-state index in [1.807, 2.05) is 0 Å². The number of allylic oxidation sites excluding steroid dienone is 24. The van der Waals surface area contributed by atoms with Crippen molar-refractivity contribution in [1.29, 1.82) is 0 Å². The highest BCUT2D eigenvalue weighted by atomic mass is 16.6. The summed E-state index contributed by atoms with van der Waals surface area (Å²) in [5.41, 5.74) is 0. The summed E-state index contributed by atoms with van der Waals surface area (Å²) in [5.74, 6) is -0.651. The normalized spacial score (nSPS) is 13.5. The van der Waals surface area contributed by atoms with Gasteiger partial charge >= 0.3 is 11.9 Å². The SMILES string of the molecule is CC/C=C\C/C=C\C/C=C\C/C=C\C/C=C\C/C=C\CCCCCCCCC(=O)OC(CO)COC(=O)CCCCCC/C=C\C/C=C\C/C=C\C/C=C\C/C=C\C/C=C\CC. The number of unbranched alkanes of at least 4 members (excludes halogenated alkanes) is 10. The van der Waals surface area contributed by atoms with Crippen molar-refractivity contribution < 1.29 is 24.2 Å². The van der Waals surface area contributed by atoms with Crippen LogP contribution in [0.2, 0.25) is 0 Å². The van der Waals surface area contributed by atoms with Gasteiger partial charge in [-0.2, -0.15) is 0 Å². The van der Waals surface area contributed by atoms with Gasteiger partial charge in [0.25, 0.3) is 0 Å². The van der Waals surface area contributed by atoms with Crippen LogP contribution in [0.5, 0.6) is 0 Å². The van der Waals surface area contributed by atoms with E-state index in [1.54, 1.807) is 0 Å². The van der Waals surface area contributed by atoms with Crippen LogP contribution in [0.3, 0.4) is 0 Å². The molecule has 0 aliphatic carbocycles. The first kappa shape index (κ1) is 57.8. The van der Waals surface area contributed by atoms with Crippen LogP contribution in [0.1, 0.15) is 181 Å². The second-order valence-electron chi connectivity index (χ2n) is 15.4. The lowest BCUT2D eigenvalue weighted by Gasteiger charge is -2.15. The Labute approximate surface area is 380 Å². The van der Waals surface area contributed by atoms with E-state index in [9.17, 15) is 14.7 Å². The average Bonchev–Trinajstić information content (AvgIpc) is 3.28. The van der Waals surface area contributed by atoms with Crippen molar-refractivity contribution >= 4 is 11.9 Å². The summed E-state index contributed by atoms with van der Waals surface area (Å²) < 4.78 is 10.6. The Morgan fingerprint density at radius 2 is 0.645 bits per heavy atom. The highest BCUT2D eigenvalue weighted by Crippen LogP contribution is 2.11. The maximum absolute atomic E-state index is 12.3. The molecule has 0 aromatic carbocycles. The molecule has 0 saturated heterocycles. The molecule has 0 aromatic rings. The van der Waals surface area contributed by atoms with E-state index in [1.165, 1.54) is 12.8 Å². The summed E-state index contributed by atoms with van der Waals surface area (Å²) in [7, 11) is 0. The quantitative estimate of drug-likeness (QED) is 0.0376. The predicted molar refractivity (Wildman–Crippen MR) is 269 cm³/mol. The molecule has 62 heavy (non-hydrogen) atoms. The fraction of sp³-hybridized carbons (Fsp3) is 0.544. The number of hydrogen-bond acceptors (Lipinski definition) is 5. The van der Waals surface area contributed by atoms with Crippen LogP contribution in [-0.4, -0.2) is 36.4 Å². The van der Waals surface area contributed by atoms with E-state index in [2.05, 4.69) is 160 Å². The summed E-state index contributed by atoms with van der Waals surface area (Å²) in [5, 5.41) is 9.62. The smallest absolute Gasteiger partial charge is 0.306 e. The minimum Gasteiger partial charge on any atom is -0.462 e. The Morgan fingerprint density at radius 3 is 0.968 bits per heavy atom. The van der Waals surface area contributed by atoms with Crippen molar-refractivity contribution in [3.8, 4) is 0 Å². The first-order valence-corrected chi connectivity index (χ1v) is 24.4. The fourth-order valence-electron chi connectivity index (χ4n) is 6.03. The van der Waals surface area contributed by atoms with Crippen LogP contribution in [0.15, 0.2) is 146 Å². The highest BCUT2D eigenvalue weighted by Gasteiger charge is 2.16. The lowest BCUT2D eigenvalue weighted by atomic mass is 10.1. The molecule has 0 radical (unpaired) electrons. The number of rotatable bonds is 42. The van der Waals surface area contributed by atoms with E-state index < -0.39 is 6.10 Å². The molecule has 0 heterocycles. The molecule has 5 heteroatoms. The van der Waals surface area contributed by atoms with Gasteiger partial charge < -0.3 is 14.6 Å². The molecule has 0 amide bonds. The Bertz CT molecular complexity index is 1380. The molecule has 0 bridgehead atoms. The third-order valence-electron chi connectivity index (χ3n) is 9.63. The van der Waals surface area contributed by atoms with Crippen LogP contribution in [0, 0.1) is 0 Å². The predicted octanol–water partition coefficient (Wildman–Crippen LogP) is 16.3. The average molecular weight is 853 g/mol. The zero-order valence-electron chi connectivity index (χ0n) is 39.3. The van der Waals surface area contributed by atoms with Crippen molar-refractivity contribution in [2.45, 2.75) is 187 Å².